The third-order valence-electron chi connectivity index (χ3n) is 4.08. The smallest absolute Gasteiger partial charge is 0.262 e. The standard InChI is InChI=1S/C19H19BrN2O2S/c1-11(2)17-21-18-16(19(24)22(17)9-8-12(3)23)15(10-25-18)13-4-6-14(20)7-5-13/h4-7,10-11H,8-9H2,1-3H3. The van der Waals surface area contributed by atoms with E-state index in [0.717, 1.165) is 26.3 Å². The SMILES string of the molecule is CC(=O)CCn1c(C(C)C)nc2scc(-c3ccc(Br)cc3)c2c1=O. The second-order valence-electron chi connectivity index (χ2n) is 6.37. The van der Waals surface area contributed by atoms with Gasteiger partial charge >= 0.3 is 0 Å². The molecule has 130 valence electrons. The first kappa shape index (κ1) is 18.0. The van der Waals surface area contributed by atoms with Gasteiger partial charge in [0.15, 0.2) is 0 Å². The maximum Gasteiger partial charge on any atom is 0.262 e. The number of Topliss-reactive ketones (excluding diaryl/α,β-unsaturated/α-hetero) is 1. The summed E-state index contributed by atoms with van der Waals surface area (Å²) in [6.07, 6.45) is 0.338. The Kier molecular flexibility index (Phi) is 5.20. The molecule has 3 aromatic rings. The molecule has 0 saturated carbocycles. The normalized spacial score (nSPS) is 11.4. The lowest BCUT2D eigenvalue weighted by molar-refractivity contribution is -0.117. The zero-order valence-electron chi connectivity index (χ0n) is 14.4. The van der Waals surface area contributed by atoms with E-state index in [1.807, 2.05) is 43.5 Å². The molecule has 4 nitrogen and oxygen atoms in total. The fourth-order valence-corrected chi connectivity index (χ4v) is 4.02. The molecule has 2 aromatic heterocycles. The zero-order chi connectivity index (χ0) is 18.1. The number of ketones is 1. The number of aromatic nitrogens is 2. The average Bonchev–Trinajstić information content (AvgIpc) is 2.98. The van der Waals surface area contributed by atoms with Crippen LogP contribution in [0.2, 0.25) is 0 Å². The van der Waals surface area contributed by atoms with Crippen molar-refractivity contribution in [1.82, 2.24) is 9.55 Å². The number of nitrogens with zero attached hydrogens (tertiary/aromatic N) is 2. The molecule has 0 spiro atoms. The molecule has 0 fully saturated rings. The van der Waals surface area contributed by atoms with Crippen molar-refractivity contribution in [3.05, 3.63) is 50.3 Å². The maximum atomic E-state index is 13.2. The van der Waals surface area contributed by atoms with E-state index in [9.17, 15) is 9.59 Å². The Bertz CT molecular complexity index is 987. The molecular formula is C19H19BrN2O2S. The Morgan fingerprint density at radius 1 is 1.28 bits per heavy atom. The van der Waals surface area contributed by atoms with Crippen LogP contribution in [0.4, 0.5) is 0 Å². The number of hydrogen-bond donors (Lipinski definition) is 0. The predicted octanol–water partition coefficient (Wildman–Crippen LogP) is 4.99. The lowest BCUT2D eigenvalue weighted by Crippen LogP contribution is -2.26. The van der Waals surface area contributed by atoms with Gasteiger partial charge in [-0.25, -0.2) is 4.98 Å². The number of benzene rings is 1. The number of thiophene rings is 1. The highest BCUT2D eigenvalue weighted by atomic mass is 79.9. The molecule has 0 radical (unpaired) electrons. The average molecular weight is 419 g/mol. The van der Waals surface area contributed by atoms with Crippen molar-refractivity contribution in [3.8, 4) is 11.1 Å². The Morgan fingerprint density at radius 2 is 1.96 bits per heavy atom. The zero-order valence-corrected chi connectivity index (χ0v) is 16.8. The minimum absolute atomic E-state index is 0.0610. The molecule has 0 aliphatic carbocycles. The van der Waals surface area contributed by atoms with E-state index in [0.29, 0.717) is 18.4 Å². The number of carbonyl (C=O) groups excluding carboxylic acids is 1. The molecule has 0 N–H and O–H groups in total. The van der Waals surface area contributed by atoms with Gasteiger partial charge in [0.2, 0.25) is 0 Å². The lowest BCUT2D eigenvalue weighted by atomic mass is 10.1. The number of halogens is 1. The summed E-state index contributed by atoms with van der Waals surface area (Å²) in [6, 6.07) is 7.90. The summed E-state index contributed by atoms with van der Waals surface area (Å²) in [5.41, 5.74) is 1.83. The quantitative estimate of drug-likeness (QED) is 0.586. The fraction of sp³-hybridized carbons (Fsp3) is 0.316. The van der Waals surface area contributed by atoms with Crippen LogP contribution in [0, 0.1) is 0 Å². The van der Waals surface area contributed by atoms with Crippen molar-refractivity contribution in [3.63, 3.8) is 0 Å². The van der Waals surface area contributed by atoms with Crippen LogP contribution >= 0.6 is 27.3 Å². The van der Waals surface area contributed by atoms with Gasteiger partial charge in [-0.3, -0.25) is 14.2 Å². The summed E-state index contributed by atoms with van der Waals surface area (Å²) in [6.45, 7) is 5.95. The number of hydrogen-bond acceptors (Lipinski definition) is 4. The Labute approximate surface area is 158 Å². The van der Waals surface area contributed by atoms with Crippen LogP contribution in [0.15, 0.2) is 38.9 Å². The van der Waals surface area contributed by atoms with Crippen LogP contribution in [-0.2, 0) is 11.3 Å². The van der Waals surface area contributed by atoms with Gasteiger partial charge in [-0.1, -0.05) is 41.9 Å². The summed E-state index contributed by atoms with van der Waals surface area (Å²) >= 11 is 4.93. The second-order valence-corrected chi connectivity index (χ2v) is 8.14. The van der Waals surface area contributed by atoms with Crippen molar-refractivity contribution >= 4 is 43.3 Å². The van der Waals surface area contributed by atoms with Crippen molar-refractivity contribution < 1.29 is 4.79 Å². The van der Waals surface area contributed by atoms with E-state index in [4.69, 9.17) is 4.98 Å². The second kappa shape index (κ2) is 7.22. The van der Waals surface area contributed by atoms with E-state index >= 15 is 0 Å². The van der Waals surface area contributed by atoms with Crippen molar-refractivity contribution in [1.29, 1.82) is 0 Å². The van der Waals surface area contributed by atoms with Gasteiger partial charge in [-0.15, -0.1) is 11.3 Å². The Hall–Kier alpha value is -1.79. The van der Waals surface area contributed by atoms with E-state index in [1.54, 1.807) is 11.5 Å². The minimum atomic E-state index is -0.0610. The molecular weight excluding hydrogens is 400 g/mol. The van der Waals surface area contributed by atoms with Crippen molar-refractivity contribution in [2.45, 2.75) is 39.7 Å². The summed E-state index contributed by atoms with van der Waals surface area (Å²) in [5.74, 6) is 0.922. The molecule has 0 aliphatic rings. The minimum Gasteiger partial charge on any atom is -0.300 e. The van der Waals surface area contributed by atoms with Gasteiger partial charge in [0.05, 0.1) is 5.39 Å². The van der Waals surface area contributed by atoms with Crippen LogP contribution in [0.5, 0.6) is 0 Å². The lowest BCUT2D eigenvalue weighted by Gasteiger charge is -2.14. The largest absolute Gasteiger partial charge is 0.300 e. The summed E-state index contributed by atoms with van der Waals surface area (Å²) < 4.78 is 2.67. The van der Waals surface area contributed by atoms with Crippen LogP contribution < -0.4 is 5.56 Å². The fourth-order valence-electron chi connectivity index (χ4n) is 2.81. The molecule has 0 aliphatic heterocycles. The summed E-state index contributed by atoms with van der Waals surface area (Å²) in [4.78, 5) is 30.1. The number of rotatable bonds is 5. The van der Waals surface area contributed by atoms with E-state index in [2.05, 4.69) is 15.9 Å². The van der Waals surface area contributed by atoms with Crippen molar-refractivity contribution in [2.75, 3.05) is 0 Å². The van der Waals surface area contributed by atoms with E-state index < -0.39 is 0 Å². The topological polar surface area (TPSA) is 52.0 Å². The molecule has 6 heteroatoms. The summed E-state index contributed by atoms with van der Waals surface area (Å²) in [7, 11) is 0. The van der Waals surface area contributed by atoms with E-state index in [1.165, 1.54) is 11.3 Å². The molecule has 3 rings (SSSR count). The molecule has 25 heavy (non-hydrogen) atoms. The first-order valence-corrected chi connectivity index (χ1v) is 9.83. The third kappa shape index (κ3) is 3.60. The van der Waals surface area contributed by atoms with Crippen LogP contribution in [0.1, 0.15) is 38.9 Å². The highest BCUT2D eigenvalue weighted by Crippen LogP contribution is 2.32. The van der Waals surface area contributed by atoms with Crippen molar-refractivity contribution in [2.24, 2.45) is 0 Å². The van der Waals surface area contributed by atoms with Gasteiger partial charge in [-0.2, -0.15) is 0 Å². The molecule has 0 saturated heterocycles. The predicted molar refractivity (Wildman–Crippen MR) is 106 cm³/mol. The highest BCUT2D eigenvalue weighted by molar-refractivity contribution is 9.10. The maximum absolute atomic E-state index is 13.2. The first-order chi connectivity index (χ1) is 11.9. The van der Waals surface area contributed by atoms with Crippen LogP contribution in [0.3, 0.4) is 0 Å². The Balaban J connectivity index is 2.23. The van der Waals surface area contributed by atoms with E-state index in [-0.39, 0.29) is 17.3 Å². The highest BCUT2D eigenvalue weighted by Gasteiger charge is 2.18. The molecule has 0 unspecified atom stereocenters. The molecule has 0 bridgehead atoms. The number of fused-ring (bicyclic) bond motifs is 1. The molecule has 0 amide bonds. The van der Waals surface area contributed by atoms with Gasteiger partial charge in [0.25, 0.3) is 5.56 Å². The van der Waals surface area contributed by atoms with Gasteiger partial charge in [0, 0.05) is 34.3 Å². The third-order valence-corrected chi connectivity index (χ3v) is 5.48. The van der Waals surface area contributed by atoms with Crippen LogP contribution in [-0.4, -0.2) is 15.3 Å². The van der Waals surface area contributed by atoms with Crippen LogP contribution in [0.25, 0.3) is 21.3 Å². The monoisotopic (exact) mass is 418 g/mol. The Morgan fingerprint density at radius 3 is 2.56 bits per heavy atom. The molecule has 1 aromatic carbocycles. The molecule has 2 heterocycles. The first-order valence-electron chi connectivity index (χ1n) is 8.15. The van der Waals surface area contributed by atoms with Gasteiger partial charge in [-0.05, 0) is 24.6 Å². The number of carbonyl (C=O) groups is 1. The van der Waals surface area contributed by atoms with Gasteiger partial charge in [0.1, 0.15) is 16.4 Å². The van der Waals surface area contributed by atoms with Gasteiger partial charge < -0.3 is 0 Å². The molecule has 0 atom stereocenters. The summed E-state index contributed by atoms with van der Waals surface area (Å²) in [5, 5.41) is 2.63.